The Hall–Kier alpha value is -2.06. The first kappa shape index (κ1) is 20.3. The van der Waals surface area contributed by atoms with E-state index >= 15 is 0 Å². The summed E-state index contributed by atoms with van der Waals surface area (Å²) in [5, 5.41) is 0. The lowest BCUT2D eigenvalue weighted by Gasteiger charge is -2.20. The maximum absolute atomic E-state index is 13.0. The molecule has 1 aliphatic rings. The minimum Gasteiger partial charge on any atom is -0.274 e. The van der Waals surface area contributed by atoms with Crippen LogP contribution in [0.25, 0.3) is 0 Å². The highest BCUT2D eigenvalue weighted by molar-refractivity contribution is 6.22. The molecule has 0 N–H and O–H groups in total. The van der Waals surface area contributed by atoms with Gasteiger partial charge in [-0.3, -0.25) is 14.5 Å². The molecule has 1 fully saturated rings. The van der Waals surface area contributed by atoms with Crippen LogP contribution in [0.15, 0.2) is 18.2 Å². The molecular weight excluding hydrogens is 364 g/mol. The van der Waals surface area contributed by atoms with Crippen molar-refractivity contribution in [2.24, 2.45) is 17.8 Å². The monoisotopic (exact) mass is 381 g/mol. The molecule has 144 valence electrons. The topological polar surface area (TPSA) is 37.4 Å². The average molecular weight is 381 g/mol. The van der Waals surface area contributed by atoms with Gasteiger partial charge in [-0.1, -0.05) is 20.8 Å². The van der Waals surface area contributed by atoms with Gasteiger partial charge in [-0.25, -0.2) is 0 Å². The van der Waals surface area contributed by atoms with Gasteiger partial charge in [-0.2, -0.15) is 26.3 Å². The molecule has 1 heterocycles. The van der Waals surface area contributed by atoms with Gasteiger partial charge in [0.2, 0.25) is 11.8 Å². The van der Waals surface area contributed by atoms with Crippen molar-refractivity contribution in [2.75, 3.05) is 4.90 Å². The SMILES string of the molecule is CC(C)CC1C(=O)N(c2cc(C(F)(F)F)cc(C(F)(F)F)c2)C(=O)[C@H]1C. The van der Waals surface area contributed by atoms with E-state index in [1.807, 2.05) is 0 Å². The van der Waals surface area contributed by atoms with Crippen LogP contribution in [0.5, 0.6) is 0 Å². The summed E-state index contributed by atoms with van der Waals surface area (Å²) in [5.41, 5.74) is -3.84. The van der Waals surface area contributed by atoms with Gasteiger partial charge in [0, 0.05) is 5.92 Å². The van der Waals surface area contributed by atoms with Crippen LogP contribution in [0, 0.1) is 17.8 Å². The summed E-state index contributed by atoms with van der Waals surface area (Å²) in [4.78, 5) is 25.3. The highest BCUT2D eigenvalue weighted by Crippen LogP contribution is 2.41. The zero-order valence-electron chi connectivity index (χ0n) is 14.2. The second-order valence-corrected chi connectivity index (χ2v) is 6.80. The van der Waals surface area contributed by atoms with Gasteiger partial charge in [0.05, 0.1) is 22.7 Å². The summed E-state index contributed by atoms with van der Waals surface area (Å²) in [7, 11) is 0. The fourth-order valence-electron chi connectivity index (χ4n) is 3.00. The Labute approximate surface area is 146 Å². The van der Waals surface area contributed by atoms with Crippen molar-refractivity contribution in [3.8, 4) is 0 Å². The first-order valence-corrected chi connectivity index (χ1v) is 7.90. The molecule has 0 aliphatic carbocycles. The highest BCUT2D eigenvalue weighted by atomic mass is 19.4. The molecule has 0 spiro atoms. The quantitative estimate of drug-likeness (QED) is 0.552. The van der Waals surface area contributed by atoms with Gasteiger partial charge >= 0.3 is 12.4 Å². The molecule has 3 nitrogen and oxygen atoms in total. The van der Waals surface area contributed by atoms with Crippen LogP contribution >= 0.6 is 0 Å². The molecule has 1 aromatic rings. The number of rotatable bonds is 3. The van der Waals surface area contributed by atoms with Crippen LogP contribution in [0.3, 0.4) is 0 Å². The summed E-state index contributed by atoms with van der Waals surface area (Å²) < 4.78 is 77.9. The lowest BCUT2D eigenvalue weighted by atomic mass is 9.89. The Morgan fingerprint density at radius 1 is 0.923 bits per heavy atom. The molecule has 0 bridgehead atoms. The van der Waals surface area contributed by atoms with E-state index in [0.29, 0.717) is 23.5 Å². The summed E-state index contributed by atoms with van der Waals surface area (Å²) in [6, 6.07) is 0.759. The van der Waals surface area contributed by atoms with Crippen molar-refractivity contribution < 1.29 is 35.9 Å². The normalized spacial score (nSPS) is 21.8. The standard InChI is InChI=1S/C17H17F6NO2/c1-8(2)4-13-9(3)14(25)24(15(13)26)12-6-10(16(18,19)20)5-11(7-12)17(21,22)23/h5-9,13H,4H2,1-3H3/t9-,13?/m0/s1. The summed E-state index contributed by atoms with van der Waals surface area (Å²) in [6.45, 7) is 5.06. The lowest BCUT2D eigenvalue weighted by Crippen LogP contribution is -2.31. The van der Waals surface area contributed by atoms with Gasteiger partial charge in [0.25, 0.3) is 0 Å². The zero-order valence-corrected chi connectivity index (χ0v) is 14.2. The Bertz CT molecular complexity index is 691. The van der Waals surface area contributed by atoms with E-state index in [4.69, 9.17) is 0 Å². The molecule has 0 saturated carbocycles. The second kappa shape index (κ2) is 6.59. The third kappa shape index (κ3) is 3.86. The number of alkyl halides is 6. The molecular formula is C17H17F6NO2. The van der Waals surface area contributed by atoms with Gasteiger partial charge in [-0.05, 0) is 30.5 Å². The number of carbonyl (C=O) groups is 2. The van der Waals surface area contributed by atoms with E-state index in [1.165, 1.54) is 6.92 Å². The number of hydrogen-bond acceptors (Lipinski definition) is 2. The highest BCUT2D eigenvalue weighted by Gasteiger charge is 2.47. The van der Waals surface area contributed by atoms with Gasteiger partial charge in [-0.15, -0.1) is 0 Å². The number of anilines is 1. The molecule has 0 radical (unpaired) electrons. The number of imide groups is 1. The largest absolute Gasteiger partial charge is 0.416 e. The fraction of sp³-hybridized carbons (Fsp3) is 0.529. The van der Waals surface area contributed by atoms with E-state index in [-0.39, 0.29) is 12.0 Å². The number of hydrogen-bond donors (Lipinski definition) is 0. The maximum atomic E-state index is 13.0. The van der Waals surface area contributed by atoms with Crippen molar-refractivity contribution in [1.29, 1.82) is 0 Å². The molecule has 1 unspecified atom stereocenters. The first-order chi connectivity index (χ1) is 11.7. The van der Waals surface area contributed by atoms with Crippen molar-refractivity contribution in [2.45, 2.75) is 39.5 Å². The maximum Gasteiger partial charge on any atom is 0.416 e. The molecule has 9 heteroatoms. The van der Waals surface area contributed by atoms with Crippen molar-refractivity contribution in [3.05, 3.63) is 29.3 Å². The predicted octanol–water partition coefficient (Wildman–Crippen LogP) is 4.90. The molecule has 0 aromatic heterocycles. The van der Waals surface area contributed by atoms with Crippen LogP contribution in [0.1, 0.15) is 38.3 Å². The third-order valence-electron chi connectivity index (χ3n) is 4.31. The Balaban J connectivity index is 2.57. The van der Waals surface area contributed by atoms with E-state index in [1.54, 1.807) is 13.8 Å². The van der Waals surface area contributed by atoms with Gasteiger partial charge < -0.3 is 0 Å². The number of benzene rings is 1. The van der Waals surface area contributed by atoms with Crippen LogP contribution in [0.4, 0.5) is 32.0 Å². The minimum atomic E-state index is -5.05. The minimum absolute atomic E-state index is 0.0337. The van der Waals surface area contributed by atoms with E-state index in [2.05, 4.69) is 0 Å². The molecule has 26 heavy (non-hydrogen) atoms. The summed E-state index contributed by atoms with van der Waals surface area (Å²) in [5.74, 6) is -3.12. The number of nitrogens with zero attached hydrogens (tertiary/aromatic N) is 1. The molecule has 2 atom stereocenters. The van der Waals surface area contributed by atoms with Crippen LogP contribution < -0.4 is 4.90 Å². The second-order valence-electron chi connectivity index (χ2n) is 6.80. The number of amides is 2. The Kier molecular flexibility index (Phi) is 5.13. The first-order valence-electron chi connectivity index (χ1n) is 7.90. The molecule has 1 aromatic carbocycles. The van der Waals surface area contributed by atoms with Gasteiger partial charge in [0.15, 0.2) is 0 Å². The average Bonchev–Trinajstić information content (AvgIpc) is 2.68. The summed E-state index contributed by atoms with van der Waals surface area (Å²) >= 11 is 0. The lowest BCUT2D eigenvalue weighted by molar-refractivity contribution is -0.143. The Morgan fingerprint density at radius 2 is 1.38 bits per heavy atom. The molecule has 1 saturated heterocycles. The molecule has 1 aliphatic heterocycles. The smallest absolute Gasteiger partial charge is 0.274 e. The van der Waals surface area contributed by atoms with E-state index in [0.717, 1.165) is 0 Å². The predicted molar refractivity (Wildman–Crippen MR) is 81.0 cm³/mol. The summed E-state index contributed by atoms with van der Waals surface area (Å²) in [6.07, 6.45) is -9.79. The molecule has 2 rings (SSSR count). The third-order valence-corrected chi connectivity index (χ3v) is 4.31. The number of halogens is 6. The molecule has 2 amide bonds. The van der Waals surface area contributed by atoms with Crippen LogP contribution in [-0.4, -0.2) is 11.8 Å². The van der Waals surface area contributed by atoms with Crippen LogP contribution in [0.2, 0.25) is 0 Å². The van der Waals surface area contributed by atoms with Crippen molar-refractivity contribution >= 4 is 17.5 Å². The zero-order chi connectivity index (χ0) is 20.0. The Morgan fingerprint density at radius 3 is 1.77 bits per heavy atom. The van der Waals surface area contributed by atoms with E-state index in [9.17, 15) is 35.9 Å². The van der Waals surface area contributed by atoms with Crippen molar-refractivity contribution in [1.82, 2.24) is 0 Å². The van der Waals surface area contributed by atoms with Crippen molar-refractivity contribution in [3.63, 3.8) is 0 Å². The number of carbonyl (C=O) groups excluding carboxylic acids is 2. The van der Waals surface area contributed by atoms with Gasteiger partial charge in [0.1, 0.15) is 0 Å². The van der Waals surface area contributed by atoms with Crippen LogP contribution in [-0.2, 0) is 21.9 Å². The fourth-order valence-corrected chi connectivity index (χ4v) is 3.00. The van der Waals surface area contributed by atoms with E-state index < -0.39 is 52.8 Å².